The Hall–Kier alpha value is -3.36. The summed E-state index contributed by atoms with van der Waals surface area (Å²) in [7, 11) is -4.16. The van der Waals surface area contributed by atoms with Gasteiger partial charge in [0, 0.05) is 17.1 Å². The largest absolute Gasteiger partial charge is 0.350 e. The molecule has 2 amide bonds. The molecule has 1 atom stereocenters. The Kier molecular flexibility index (Phi) is 10.0. The Bertz CT molecular complexity index is 1440. The fraction of sp³-hybridized carbons (Fsp3) is 0.355. The first-order valence-corrected chi connectivity index (χ1v) is 15.1. The first-order valence-electron chi connectivity index (χ1n) is 13.2. The highest BCUT2D eigenvalue weighted by atomic mass is 35.5. The predicted molar refractivity (Wildman–Crippen MR) is 161 cm³/mol. The second kappa shape index (κ2) is 12.9. The second-order valence-corrected chi connectivity index (χ2v) is 13.1. The number of carbonyl (C=O) groups is 2. The van der Waals surface area contributed by atoms with Gasteiger partial charge in [0.15, 0.2) is 0 Å². The molecule has 0 aromatic heterocycles. The third-order valence-corrected chi connectivity index (χ3v) is 8.66. The van der Waals surface area contributed by atoms with Gasteiger partial charge in [0.05, 0.1) is 10.6 Å². The molecule has 0 aliphatic carbocycles. The van der Waals surface area contributed by atoms with Crippen molar-refractivity contribution in [1.29, 1.82) is 0 Å². The Morgan fingerprint density at radius 3 is 2.12 bits per heavy atom. The number of amides is 2. The van der Waals surface area contributed by atoms with Crippen molar-refractivity contribution in [3.63, 3.8) is 0 Å². The predicted octanol–water partition coefficient (Wildman–Crippen LogP) is 5.87. The number of sulfonamides is 1. The zero-order chi connectivity index (χ0) is 29.7. The number of hydrogen-bond acceptors (Lipinski definition) is 4. The van der Waals surface area contributed by atoms with Crippen LogP contribution in [0.5, 0.6) is 0 Å². The molecular formula is C31H38ClN3O4S. The third kappa shape index (κ3) is 7.64. The van der Waals surface area contributed by atoms with Crippen LogP contribution in [0.3, 0.4) is 0 Å². The van der Waals surface area contributed by atoms with Crippen LogP contribution in [-0.4, -0.2) is 43.3 Å². The van der Waals surface area contributed by atoms with E-state index in [-0.39, 0.29) is 17.3 Å². The van der Waals surface area contributed by atoms with E-state index in [1.165, 1.54) is 17.0 Å². The molecule has 0 fully saturated rings. The molecule has 3 aromatic carbocycles. The van der Waals surface area contributed by atoms with Crippen LogP contribution in [0.15, 0.2) is 77.7 Å². The van der Waals surface area contributed by atoms with E-state index >= 15 is 0 Å². The number of carbonyl (C=O) groups excluding carboxylic acids is 2. The molecule has 214 valence electrons. The van der Waals surface area contributed by atoms with Crippen molar-refractivity contribution in [1.82, 2.24) is 10.2 Å². The zero-order valence-corrected chi connectivity index (χ0v) is 25.5. The molecule has 0 aliphatic heterocycles. The van der Waals surface area contributed by atoms with Crippen molar-refractivity contribution in [2.75, 3.05) is 10.8 Å². The van der Waals surface area contributed by atoms with Crippen LogP contribution >= 0.6 is 11.6 Å². The van der Waals surface area contributed by atoms with Crippen molar-refractivity contribution in [2.24, 2.45) is 0 Å². The lowest BCUT2D eigenvalue weighted by molar-refractivity contribution is -0.141. The Morgan fingerprint density at radius 2 is 1.55 bits per heavy atom. The average molecular weight is 584 g/mol. The lowest BCUT2D eigenvalue weighted by atomic mass is 10.1. The lowest BCUT2D eigenvalue weighted by Gasteiger charge is -2.35. The van der Waals surface area contributed by atoms with Crippen molar-refractivity contribution in [2.45, 2.75) is 71.0 Å². The first-order chi connectivity index (χ1) is 18.7. The maximum absolute atomic E-state index is 14.1. The van der Waals surface area contributed by atoms with Crippen LogP contribution in [-0.2, 0) is 26.2 Å². The Morgan fingerprint density at radius 1 is 0.925 bits per heavy atom. The minimum atomic E-state index is -4.16. The first kappa shape index (κ1) is 31.2. The van der Waals surface area contributed by atoms with Crippen molar-refractivity contribution < 1.29 is 18.0 Å². The van der Waals surface area contributed by atoms with Gasteiger partial charge in [-0.2, -0.15) is 0 Å². The average Bonchev–Trinajstić information content (AvgIpc) is 2.89. The normalized spacial score (nSPS) is 12.5. The molecule has 7 nitrogen and oxygen atoms in total. The van der Waals surface area contributed by atoms with E-state index in [0.29, 0.717) is 22.7 Å². The number of aryl methyl sites for hydroxylation is 1. The summed E-state index contributed by atoms with van der Waals surface area (Å²) in [5.41, 5.74) is 2.21. The number of benzene rings is 3. The molecule has 0 spiro atoms. The van der Waals surface area contributed by atoms with Crippen LogP contribution in [0.25, 0.3) is 0 Å². The number of halogens is 1. The summed E-state index contributed by atoms with van der Waals surface area (Å²) >= 11 is 6.38. The van der Waals surface area contributed by atoms with Crippen LogP contribution in [0.4, 0.5) is 5.69 Å². The molecular weight excluding hydrogens is 546 g/mol. The van der Waals surface area contributed by atoms with Gasteiger partial charge in [0.25, 0.3) is 10.0 Å². The Labute approximate surface area is 243 Å². The molecule has 0 saturated carbocycles. The van der Waals surface area contributed by atoms with Crippen LogP contribution < -0.4 is 9.62 Å². The summed E-state index contributed by atoms with van der Waals surface area (Å²) < 4.78 is 29.0. The number of nitrogens with one attached hydrogen (secondary N) is 1. The molecule has 0 unspecified atom stereocenters. The standard InChI is InChI=1S/C31H38ClN3O4S/c1-7-27(30(37)33-31(4,5)6)34(20-24-18-16-22(2)17-19-24)29(36)21-35(28-15-11-14-26(32)23(28)3)40(38,39)25-12-9-8-10-13-25/h8-19,27H,7,20-21H2,1-6H3,(H,33,37)/t27-/m0/s1. The van der Waals surface area contributed by atoms with Gasteiger partial charge in [-0.3, -0.25) is 13.9 Å². The molecule has 40 heavy (non-hydrogen) atoms. The summed E-state index contributed by atoms with van der Waals surface area (Å²) in [5, 5.41) is 3.36. The molecule has 3 aromatic rings. The van der Waals surface area contributed by atoms with Gasteiger partial charge in [-0.25, -0.2) is 8.42 Å². The van der Waals surface area contributed by atoms with E-state index in [2.05, 4.69) is 5.32 Å². The monoisotopic (exact) mass is 583 g/mol. The SMILES string of the molecule is CC[C@@H](C(=O)NC(C)(C)C)N(Cc1ccc(C)cc1)C(=O)CN(c1cccc(Cl)c1C)S(=O)(=O)c1ccccc1. The summed E-state index contributed by atoms with van der Waals surface area (Å²) in [5.74, 6) is -0.803. The van der Waals surface area contributed by atoms with Crippen LogP contribution in [0, 0.1) is 13.8 Å². The summed E-state index contributed by atoms with van der Waals surface area (Å²) in [6.45, 7) is 10.8. The number of hydrogen-bond donors (Lipinski definition) is 1. The van der Waals surface area contributed by atoms with E-state index in [1.54, 1.807) is 43.3 Å². The smallest absolute Gasteiger partial charge is 0.264 e. The fourth-order valence-electron chi connectivity index (χ4n) is 4.36. The number of nitrogens with zero attached hydrogens (tertiary/aromatic N) is 2. The highest BCUT2D eigenvalue weighted by Crippen LogP contribution is 2.31. The van der Waals surface area contributed by atoms with Crippen molar-refractivity contribution in [3.05, 3.63) is 94.5 Å². The topological polar surface area (TPSA) is 86.8 Å². The third-order valence-electron chi connectivity index (χ3n) is 6.48. The summed E-state index contributed by atoms with van der Waals surface area (Å²) in [6, 6.07) is 19.8. The quantitative estimate of drug-likeness (QED) is 0.323. The molecule has 0 bridgehead atoms. The van der Waals surface area contributed by atoms with Gasteiger partial charge >= 0.3 is 0 Å². The van der Waals surface area contributed by atoms with Crippen molar-refractivity contribution >= 4 is 39.1 Å². The van der Waals surface area contributed by atoms with Crippen LogP contribution in [0.2, 0.25) is 5.02 Å². The van der Waals surface area contributed by atoms with E-state index in [0.717, 1.165) is 15.4 Å². The van der Waals surface area contributed by atoms with Gasteiger partial charge in [-0.1, -0.05) is 72.6 Å². The number of rotatable bonds is 10. The van der Waals surface area contributed by atoms with E-state index < -0.39 is 34.1 Å². The highest BCUT2D eigenvalue weighted by molar-refractivity contribution is 7.92. The molecule has 0 radical (unpaired) electrons. The lowest BCUT2D eigenvalue weighted by Crippen LogP contribution is -2.55. The van der Waals surface area contributed by atoms with Crippen LogP contribution in [0.1, 0.15) is 50.8 Å². The second-order valence-electron chi connectivity index (χ2n) is 10.9. The molecule has 0 heterocycles. The van der Waals surface area contributed by atoms with Crippen molar-refractivity contribution in [3.8, 4) is 0 Å². The summed E-state index contributed by atoms with van der Waals surface area (Å²) in [4.78, 5) is 29.1. The molecule has 3 rings (SSSR count). The summed E-state index contributed by atoms with van der Waals surface area (Å²) in [6.07, 6.45) is 0.348. The molecule has 0 saturated heterocycles. The highest BCUT2D eigenvalue weighted by Gasteiger charge is 2.35. The minimum absolute atomic E-state index is 0.0461. The van der Waals surface area contributed by atoms with E-state index in [4.69, 9.17) is 11.6 Å². The van der Waals surface area contributed by atoms with Gasteiger partial charge < -0.3 is 10.2 Å². The van der Waals surface area contributed by atoms with Gasteiger partial charge in [-0.05, 0) is 76.4 Å². The zero-order valence-electron chi connectivity index (χ0n) is 23.9. The molecule has 0 aliphatic rings. The van der Waals surface area contributed by atoms with E-state index in [1.807, 2.05) is 58.9 Å². The Balaban J connectivity index is 2.10. The minimum Gasteiger partial charge on any atom is -0.350 e. The van der Waals surface area contributed by atoms with Gasteiger partial charge in [0.1, 0.15) is 12.6 Å². The maximum Gasteiger partial charge on any atom is 0.264 e. The number of anilines is 1. The molecule has 9 heteroatoms. The maximum atomic E-state index is 14.1. The van der Waals surface area contributed by atoms with Gasteiger partial charge in [0.2, 0.25) is 11.8 Å². The fourth-order valence-corrected chi connectivity index (χ4v) is 6.02. The van der Waals surface area contributed by atoms with E-state index in [9.17, 15) is 18.0 Å². The van der Waals surface area contributed by atoms with Gasteiger partial charge in [-0.15, -0.1) is 0 Å². The molecule has 1 N–H and O–H groups in total.